The Bertz CT molecular complexity index is 327. The molecule has 4 heteroatoms. The fraction of sp³-hybridized carbons (Fsp3) is 1.00. The highest BCUT2D eigenvalue weighted by atomic mass is 32.2. The van der Waals surface area contributed by atoms with Crippen molar-refractivity contribution in [2.75, 3.05) is 31.8 Å². The Kier molecular flexibility index (Phi) is 5.52. The molecule has 3 aliphatic heterocycles. The molecule has 3 fully saturated rings. The lowest BCUT2D eigenvalue weighted by atomic mass is 9.73. The lowest BCUT2D eigenvalue weighted by molar-refractivity contribution is -0.111. The molecule has 0 aliphatic carbocycles. The molecule has 0 amide bonds. The largest absolute Gasteiger partial charge is 0.378 e. The Morgan fingerprint density at radius 3 is 2.76 bits per heavy atom. The zero-order chi connectivity index (χ0) is 14.7. The number of nitrogens with one attached hydrogen (secondary N) is 1. The van der Waals surface area contributed by atoms with Crippen molar-refractivity contribution >= 4 is 11.8 Å². The maximum absolute atomic E-state index is 6.27. The third-order valence-electron chi connectivity index (χ3n) is 5.90. The first kappa shape index (κ1) is 16.1. The summed E-state index contributed by atoms with van der Waals surface area (Å²) in [5.74, 6) is 4.01. The summed E-state index contributed by atoms with van der Waals surface area (Å²) < 4.78 is 12.2. The lowest BCUT2D eigenvalue weighted by Crippen LogP contribution is -2.51. The molecule has 3 nitrogen and oxygen atoms in total. The SMILES string of the molecule is CCC1OCCC1C(NC)C1CCOC2(CCSCC2)C1. The van der Waals surface area contributed by atoms with Gasteiger partial charge in [-0.15, -0.1) is 0 Å². The molecule has 0 aromatic carbocycles. The van der Waals surface area contributed by atoms with Gasteiger partial charge >= 0.3 is 0 Å². The zero-order valence-corrected chi connectivity index (χ0v) is 14.4. The van der Waals surface area contributed by atoms with E-state index in [9.17, 15) is 0 Å². The van der Waals surface area contributed by atoms with Gasteiger partial charge in [0, 0.05) is 25.2 Å². The van der Waals surface area contributed by atoms with E-state index < -0.39 is 0 Å². The first-order chi connectivity index (χ1) is 10.3. The van der Waals surface area contributed by atoms with Gasteiger partial charge in [-0.25, -0.2) is 0 Å². The van der Waals surface area contributed by atoms with Crippen LogP contribution in [0.3, 0.4) is 0 Å². The van der Waals surface area contributed by atoms with Crippen molar-refractivity contribution < 1.29 is 9.47 Å². The number of hydrogen-bond donors (Lipinski definition) is 1. The van der Waals surface area contributed by atoms with E-state index in [1.54, 1.807) is 0 Å². The van der Waals surface area contributed by atoms with Crippen molar-refractivity contribution in [2.24, 2.45) is 11.8 Å². The van der Waals surface area contributed by atoms with E-state index >= 15 is 0 Å². The first-order valence-corrected chi connectivity index (χ1v) is 9.94. The third-order valence-corrected chi connectivity index (χ3v) is 6.89. The molecule has 3 heterocycles. The minimum Gasteiger partial charge on any atom is -0.378 e. The predicted molar refractivity (Wildman–Crippen MR) is 89.0 cm³/mol. The molecule has 0 saturated carbocycles. The summed E-state index contributed by atoms with van der Waals surface area (Å²) in [6, 6.07) is 0.604. The highest BCUT2D eigenvalue weighted by Crippen LogP contribution is 2.43. The third kappa shape index (κ3) is 3.44. The first-order valence-electron chi connectivity index (χ1n) is 8.78. The van der Waals surface area contributed by atoms with E-state index in [1.165, 1.54) is 43.6 Å². The molecule has 122 valence electrons. The van der Waals surface area contributed by atoms with E-state index in [0.717, 1.165) is 25.6 Å². The van der Waals surface area contributed by atoms with Crippen molar-refractivity contribution in [1.29, 1.82) is 0 Å². The number of hydrogen-bond acceptors (Lipinski definition) is 4. The van der Waals surface area contributed by atoms with Gasteiger partial charge in [0.2, 0.25) is 0 Å². The van der Waals surface area contributed by atoms with Gasteiger partial charge in [-0.2, -0.15) is 11.8 Å². The summed E-state index contributed by atoms with van der Waals surface area (Å²) in [5.41, 5.74) is 0.199. The van der Waals surface area contributed by atoms with Crippen LogP contribution in [0.25, 0.3) is 0 Å². The Balaban J connectivity index is 1.68. The standard InChI is InChI=1S/C17H31NO2S/c1-3-15-14(5-8-19-15)16(18-2)13-4-9-20-17(12-13)6-10-21-11-7-17/h13-16,18H,3-12H2,1-2H3. The molecule has 4 atom stereocenters. The minimum absolute atomic E-state index is 0.199. The highest BCUT2D eigenvalue weighted by Gasteiger charge is 2.44. The summed E-state index contributed by atoms with van der Waals surface area (Å²) in [5, 5.41) is 3.66. The number of ether oxygens (including phenoxy) is 2. The lowest BCUT2D eigenvalue weighted by Gasteiger charge is -2.46. The van der Waals surface area contributed by atoms with Crippen LogP contribution in [0.15, 0.2) is 0 Å². The second-order valence-electron chi connectivity index (χ2n) is 6.98. The summed E-state index contributed by atoms with van der Waals surface area (Å²) in [4.78, 5) is 0. The van der Waals surface area contributed by atoms with Gasteiger partial charge in [0.05, 0.1) is 11.7 Å². The number of rotatable bonds is 4. The molecular formula is C17H31NO2S. The van der Waals surface area contributed by atoms with Crippen molar-refractivity contribution in [3.63, 3.8) is 0 Å². The number of thioether (sulfide) groups is 1. The molecule has 3 saturated heterocycles. The molecule has 0 aromatic heterocycles. The smallest absolute Gasteiger partial charge is 0.0701 e. The zero-order valence-electron chi connectivity index (χ0n) is 13.6. The summed E-state index contributed by atoms with van der Waals surface area (Å²) >= 11 is 2.09. The molecule has 0 bridgehead atoms. The Hall–Kier alpha value is 0.230. The Morgan fingerprint density at radius 2 is 2.05 bits per heavy atom. The second-order valence-corrected chi connectivity index (χ2v) is 8.21. The maximum atomic E-state index is 6.27. The van der Waals surface area contributed by atoms with Gasteiger partial charge in [0.1, 0.15) is 0 Å². The van der Waals surface area contributed by atoms with Crippen LogP contribution < -0.4 is 5.32 Å². The molecule has 1 N–H and O–H groups in total. The van der Waals surface area contributed by atoms with Crippen LogP contribution in [0.1, 0.15) is 45.4 Å². The molecule has 3 aliphatic rings. The topological polar surface area (TPSA) is 30.5 Å². The van der Waals surface area contributed by atoms with E-state index in [-0.39, 0.29) is 5.60 Å². The van der Waals surface area contributed by atoms with Crippen molar-refractivity contribution in [2.45, 2.75) is 63.2 Å². The van der Waals surface area contributed by atoms with Crippen LogP contribution in [0.5, 0.6) is 0 Å². The van der Waals surface area contributed by atoms with Gasteiger partial charge in [0.15, 0.2) is 0 Å². The van der Waals surface area contributed by atoms with Crippen LogP contribution in [-0.2, 0) is 9.47 Å². The Labute approximate surface area is 133 Å². The molecule has 4 unspecified atom stereocenters. The summed E-state index contributed by atoms with van der Waals surface area (Å²) in [7, 11) is 2.15. The molecule has 0 aromatic rings. The van der Waals surface area contributed by atoms with Gasteiger partial charge < -0.3 is 14.8 Å². The van der Waals surface area contributed by atoms with Gasteiger partial charge in [0.25, 0.3) is 0 Å². The molecule has 1 spiro atoms. The minimum atomic E-state index is 0.199. The molecule has 3 rings (SSSR count). The molecule has 0 radical (unpaired) electrons. The van der Waals surface area contributed by atoms with Crippen LogP contribution in [0.2, 0.25) is 0 Å². The van der Waals surface area contributed by atoms with Crippen LogP contribution in [0, 0.1) is 11.8 Å². The van der Waals surface area contributed by atoms with Crippen LogP contribution in [-0.4, -0.2) is 49.5 Å². The van der Waals surface area contributed by atoms with Gasteiger partial charge in [-0.05, 0) is 63.0 Å². The average Bonchev–Trinajstić information content (AvgIpc) is 2.97. The quantitative estimate of drug-likeness (QED) is 0.864. The van der Waals surface area contributed by atoms with Gasteiger partial charge in [-0.1, -0.05) is 6.92 Å². The van der Waals surface area contributed by atoms with Crippen LogP contribution >= 0.6 is 11.8 Å². The monoisotopic (exact) mass is 313 g/mol. The summed E-state index contributed by atoms with van der Waals surface area (Å²) in [6.45, 7) is 4.17. The van der Waals surface area contributed by atoms with Crippen molar-refractivity contribution in [1.82, 2.24) is 5.32 Å². The van der Waals surface area contributed by atoms with Crippen LogP contribution in [0.4, 0.5) is 0 Å². The maximum Gasteiger partial charge on any atom is 0.0701 e. The van der Waals surface area contributed by atoms with Gasteiger partial charge in [-0.3, -0.25) is 0 Å². The van der Waals surface area contributed by atoms with Crippen molar-refractivity contribution in [3.8, 4) is 0 Å². The fourth-order valence-corrected chi connectivity index (χ4v) is 6.00. The van der Waals surface area contributed by atoms with E-state index in [1.807, 2.05) is 0 Å². The van der Waals surface area contributed by atoms with E-state index in [0.29, 0.717) is 18.1 Å². The Morgan fingerprint density at radius 1 is 1.24 bits per heavy atom. The summed E-state index contributed by atoms with van der Waals surface area (Å²) in [6.07, 6.45) is 7.81. The van der Waals surface area contributed by atoms with E-state index in [4.69, 9.17) is 9.47 Å². The fourth-order valence-electron chi connectivity index (χ4n) is 4.76. The predicted octanol–water partition coefficient (Wildman–Crippen LogP) is 3.08. The van der Waals surface area contributed by atoms with E-state index in [2.05, 4.69) is 31.1 Å². The molecule has 21 heavy (non-hydrogen) atoms. The highest BCUT2D eigenvalue weighted by molar-refractivity contribution is 7.99. The average molecular weight is 314 g/mol. The normalized spacial score (nSPS) is 37.7. The van der Waals surface area contributed by atoms with Crippen molar-refractivity contribution in [3.05, 3.63) is 0 Å². The molecular weight excluding hydrogens is 282 g/mol. The second kappa shape index (κ2) is 7.20.